The second-order valence-corrected chi connectivity index (χ2v) is 6.36. The fourth-order valence-corrected chi connectivity index (χ4v) is 3.12. The van der Waals surface area contributed by atoms with Crippen molar-refractivity contribution in [2.45, 2.75) is 13.3 Å². The summed E-state index contributed by atoms with van der Waals surface area (Å²) in [5, 5.41) is 5.80. The summed E-state index contributed by atoms with van der Waals surface area (Å²) in [4.78, 5) is 14.4. The van der Waals surface area contributed by atoms with Gasteiger partial charge < -0.3 is 10.2 Å². The molecule has 0 radical (unpaired) electrons. The predicted molar refractivity (Wildman–Crippen MR) is 90.8 cm³/mol. The van der Waals surface area contributed by atoms with Gasteiger partial charge in [-0.3, -0.25) is 4.79 Å². The Labute approximate surface area is 132 Å². The maximum absolute atomic E-state index is 12.5. The topological polar surface area (TPSA) is 32.3 Å². The first-order valence-corrected chi connectivity index (χ1v) is 8.09. The third kappa shape index (κ3) is 3.00. The second kappa shape index (κ2) is 6.49. The van der Waals surface area contributed by atoms with E-state index in [1.807, 2.05) is 11.9 Å². The van der Waals surface area contributed by atoms with E-state index in [2.05, 4.69) is 54.7 Å². The average Bonchev–Trinajstić information content (AvgIpc) is 2.50. The fourth-order valence-electron chi connectivity index (χ4n) is 3.12. The molecule has 0 aliphatic carbocycles. The van der Waals surface area contributed by atoms with Crippen LogP contribution in [0.5, 0.6) is 0 Å². The molecule has 0 saturated carbocycles. The van der Waals surface area contributed by atoms with E-state index >= 15 is 0 Å². The minimum absolute atomic E-state index is 0.124. The molecule has 1 aliphatic rings. The van der Waals surface area contributed by atoms with Crippen molar-refractivity contribution in [3.05, 3.63) is 48.0 Å². The molecule has 0 spiro atoms. The van der Waals surface area contributed by atoms with Crippen molar-refractivity contribution in [3.8, 4) is 0 Å². The number of carbonyl (C=O) groups excluding carboxylic acids is 1. The summed E-state index contributed by atoms with van der Waals surface area (Å²) < 4.78 is 0. The third-order valence-corrected chi connectivity index (χ3v) is 4.88. The summed E-state index contributed by atoms with van der Waals surface area (Å²) in [6, 6.07) is 14.8. The Balaban J connectivity index is 1.64. The molecule has 3 rings (SSSR count). The Morgan fingerprint density at radius 3 is 2.68 bits per heavy atom. The van der Waals surface area contributed by atoms with Crippen molar-refractivity contribution >= 4 is 16.7 Å². The number of nitrogens with one attached hydrogen (secondary N) is 1. The number of rotatable bonds is 5. The van der Waals surface area contributed by atoms with Crippen molar-refractivity contribution < 1.29 is 4.79 Å². The van der Waals surface area contributed by atoms with E-state index < -0.39 is 0 Å². The third-order valence-electron chi connectivity index (χ3n) is 4.88. The zero-order chi connectivity index (χ0) is 15.5. The van der Waals surface area contributed by atoms with Gasteiger partial charge in [-0.05, 0) is 41.8 Å². The van der Waals surface area contributed by atoms with Crippen LogP contribution in [-0.4, -0.2) is 37.5 Å². The van der Waals surface area contributed by atoms with Crippen LogP contribution in [0.4, 0.5) is 0 Å². The molecule has 0 bridgehead atoms. The molecule has 3 nitrogen and oxygen atoms in total. The van der Waals surface area contributed by atoms with E-state index in [-0.39, 0.29) is 11.8 Å². The van der Waals surface area contributed by atoms with Gasteiger partial charge >= 0.3 is 0 Å². The first-order valence-electron chi connectivity index (χ1n) is 8.09. The molecule has 2 aromatic carbocycles. The van der Waals surface area contributed by atoms with Gasteiger partial charge in [0.05, 0.1) is 0 Å². The Kier molecular flexibility index (Phi) is 4.44. The Bertz CT molecular complexity index is 658. The zero-order valence-electron chi connectivity index (χ0n) is 13.4. The minimum Gasteiger partial charge on any atom is -0.345 e. The first kappa shape index (κ1) is 15.0. The predicted octanol–water partition coefficient (Wildman–Crippen LogP) is 2.70. The van der Waals surface area contributed by atoms with Crippen LogP contribution in [0, 0.1) is 11.8 Å². The van der Waals surface area contributed by atoms with Gasteiger partial charge in [-0.1, -0.05) is 49.4 Å². The molecular weight excluding hydrogens is 272 g/mol. The quantitative estimate of drug-likeness (QED) is 0.920. The van der Waals surface area contributed by atoms with Gasteiger partial charge in [-0.15, -0.1) is 0 Å². The van der Waals surface area contributed by atoms with Gasteiger partial charge in [0.2, 0.25) is 5.91 Å². The summed E-state index contributed by atoms with van der Waals surface area (Å²) in [5.41, 5.74) is 1.32. The molecule has 2 aromatic rings. The van der Waals surface area contributed by atoms with Gasteiger partial charge in [0.1, 0.15) is 0 Å². The number of amides is 1. The molecule has 1 heterocycles. The Morgan fingerprint density at radius 1 is 1.23 bits per heavy atom. The number of hydrogen-bond acceptors (Lipinski definition) is 2. The fraction of sp³-hybridized carbons (Fsp3) is 0.421. The van der Waals surface area contributed by atoms with Crippen LogP contribution >= 0.6 is 0 Å². The molecule has 1 fully saturated rings. The second-order valence-electron chi connectivity index (χ2n) is 6.36. The van der Waals surface area contributed by atoms with Gasteiger partial charge in [-0.25, -0.2) is 0 Å². The standard InChI is InChI=1S/C19H24N2O/c1-14(17-12-20-13-17)19(22)21(2)11-10-16-8-5-7-15-6-3-4-9-18(15)16/h3-9,14,17,20H,10-13H2,1-2H3. The molecule has 0 aromatic heterocycles. The monoisotopic (exact) mass is 296 g/mol. The van der Waals surface area contributed by atoms with Crippen LogP contribution in [0.1, 0.15) is 12.5 Å². The van der Waals surface area contributed by atoms with Crippen LogP contribution in [0.15, 0.2) is 42.5 Å². The van der Waals surface area contributed by atoms with E-state index in [0.717, 1.165) is 26.1 Å². The number of fused-ring (bicyclic) bond motifs is 1. The lowest BCUT2D eigenvalue weighted by molar-refractivity contribution is -0.136. The Hall–Kier alpha value is -1.87. The van der Waals surface area contributed by atoms with Crippen molar-refractivity contribution in [2.24, 2.45) is 11.8 Å². The molecule has 116 valence electrons. The highest BCUT2D eigenvalue weighted by atomic mass is 16.2. The maximum Gasteiger partial charge on any atom is 0.225 e. The summed E-state index contributed by atoms with van der Waals surface area (Å²) in [6.07, 6.45) is 0.902. The lowest BCUT2D eigenvalue weighted by Crippen LogP contribution is -2.50. The first-order chi connectivity index (χ1) is 10.7. The van der Waals surface area contributed by atoms with Gasteiger partial charge in [-0.2, -0.15) is 0 Å². The van der Waals surface area contributed by atoms with Crippen LogP contribution in [0.25, 0.3) is 10.8 Å². The van der Waals surface area contributed by atoms with Crippen LogP contribution in [0.3, 0.4) is 0 Å². The SMILES string of the molecule is CC(C(=O)N(C)CCc1cccc2ccccc12)C1CNC1. The maximum atomic E-state index is 12.5. The smallest absolute Gasteiger partial charge is 0.225 e. The largest absolute Gasteiger partial charge is 0.345 e. The normalized spacial score (nSPS) is 16.3. The van der Waals surface area contributed by atoms with Gasteiger partial charge in [0.25, 0.3) is 0 Å². The molecule has 22 heavy (non-hydrogen) atoms. The van der Waals surface area contributed by atoms with Crippen molar-refractivity contribution in [1.29, 1.82) is 0 Å². The summed E-state index contributed by atoms with van der Waals surface area (Å²) in [5.74, 6) is 0.901. The average molecular weight is 296 g/mol. The number of likely N-dealkylation sites (N-methyl/N-ethyl adjacent to an activating group) is 1. The van der Waals surface area contributed by atoms with Gasteiger partial charge in [0, 0.05) is 19.5 Å². The molecule has 1 N–H and O–H groups in total. The highest BCUT2D eigenvalue weighted by molar-refractivity contribution is 5.85. The molecule has 1 amide bonds. The lowest BCUT2D eigenvalue weighted by atomic mass is 9.88. The molecule has 1 unspecified atom stereocenters. The molecule has 1 atom stereocenters. The summed E-state index contributed by atoms with van der Waals surface area (Å²) in [7, 11) is 1.93. The number of carbonyl (C=O) groups is 1. The minimum atomic E-state index is 0.124. The van der Waals surface area contributed by atoms with E-state index in [1.165, 1.54) is 16.3 Å². The Morgan fingerprint density at radius 2 is 1.95 bits per heavy atom. The summed E-state index contributed by atoms with van der Waals surface area (Å²) in [6.45, 7) is 4.79. The van der Waals surface area contributed by atoms with E-state index in [1.54, 1.807) is 0 Å². The van der Waals surface area contributed by atoms with Crippen molar-refractivity contribution in [2.75, 3.05) is 26.7 Å². The van der Waals surface area contributed by atoms with Crippen LogP contribution < -0.4 is 5.32 Å². The number of hydrogen-bond donors (Lipinski definition) is 1. The highest BCUT2D eigenvalue weighted by Gasteiger charge is 2.30. The van der Waals surface area contributed by atoms with Crippen molar-refractivity contribution in [3.63, 3.8) is 0 Å². The van der Waals surface area contributed by atoms with E-state index in [9.17, 15) is 4.79 Å². The molecular formula is C19H24N2O. The number of nitrogens with zero attached hydrogens (tertiary/aromatic N) is 1. The molecule has 3 heteroatoms. The van der Waals surface area contributed by atoms with E-state index in [4.69, 9.17) is 0 Å². The zero-order valence-corrected chi connectivity index (χ0v) is 13.4. The lowest BCUT2D eigenvalue weighted by Gasteiger charge is -2.34. The highest BCUT2D eigenvalue weighted by Crippen LogP contribution is 2.20. The number of benzene rings is 2. The van der Waals surface area contributed by atoms with Crippen LogP contribution in [-0.2, 0) is 11.2 Å². The van der Waals surface area contributed by atoms with Crippen LogP contribution in [0.2, 0.25) is 0 Å². The van der Waals surface area contributed by atoms with E-state index in [0.29, 0.717) is 5.92 Å². The summed E-state index contributed by atoms with van der Waals surface area (Å²) >= 11 is 0. The molecule has 1 saturated heterocycles. The molecule has 1 aliphatic heterocycles. The van der Waals surface area contributed by atoms with Crippen molar-refractivity contribution in [1.82, 2.24) is 10.2 Å². The van der Waals surface area contributed by atoms with Gasteiger partial charge in [0.15, 0.2) is 0 Å².